The van der Waals surface area contributed by atoms with Crippen molar-refractivity contribution >= 4 is 55.5 Å². The third-order valence-electron chi connectivity index (χ3n) is 2.40. The summed E-state index contributed by atoms with van der Waals surface area (Å²) in [4.78, 5) is 18.1. The van der Waals surface area contributed by atoms with E-state index in [2.05, 4.69) is 32.7 Å². The number of carbonyl (C=O) groups is 1. The van der Waals surface area contributed by atoms with Gasteiger partial charge in [-0.15, -0.1) is 0 Å². The van der Waals surface area contributed by atoms with E-state index >= 15 is 0 Å². The van der Waals surface area contributed by atoms with Crippen LogP contribution in [0.15, 0.2) is 18.3 Å². The van der Waals surface area contributed by atoms with Crippen LogP contribution in [0, 0.1) is 6.92 Å². The van der Waals surface area contributed by atoms with E-state index in [4.69, 9.17) is 16.2 Å². The average molecular weight is 466 g/mol. The van der Waals surface area contributed by atoms with Gasteiger partial charge in [-0.2, -0.15) is 12.6 Å². The fourth-order valence-corrected chi connectivity index (χ4v) is 2.42. The monoisotopic (exact) mass is 465 g/mol. The van der Waals surface area contributed by atoms with Gasteiger partial charge in [-0.1, -0.05) is 29.9 Å². The minimum atomic E-state index is -0.318. The fraction of sp³-hybridized carbons (Fsp3) is 0.500. The van der Waals surface area contributed by atoms with Crippen molar-refractivity contribution in [1.82, 2.24) is 9.97 Å². The number of nitrogens with zero attached hydrogens (tertiary/aromatic N) is 2. The van der Waals surface area contributed by atoms with Gasteiger partial charge >= 0.3 is 0 Å². The van der Waals surface area contributed by atoms with Crippen molar-refractivity contribution in [3.63, 3.8) is 0 Å². The molecule has 2 aromatic heterocycles. The van der Waals surface area contributed by atoms with E-state index in [1.165, 1.54) is 0 Å². The third-order valence-corrected chi connectivity index (χ3v) is 3.85. The standard InChI is InChI=1S/C10H10ClN3S.C5H10O2.C2H6S.CH3OP/c1-6-9(12-2)15-10(14-6)7-3-4-8(11)13-5-7;1-5(2,3)7-4-6;1-2-3;1-3-2/h3-5,12H,1-2H3;4H,1-3H3;3H,2H2,1H3;1H3. The van der Waals surface area contributed by atoms with E-state index in [0.717, 1.165) is 27.0 Å². The molecule has 2 heterocycles. The lowest BCUT2D eigenvalue weighted by molar-refractivity contribution is -0.138. The molecule has 0 aliphatic rings. The second kappa shape index (κ2) is 16.7. The number of hydrogen-bond donors (Lipinski definition) is 2. The van der Waals surface area contributed by atoms with Crippen molar-refractivity contribution in [3.8, 4) is 10.6 Å². The van der Waals surface area contributed by atoms with Crippen molar-refractivity contribution in [2.45, 2.75) is 40.2 Å². The van der Waals surface area contributed by atoms with Crippen LogP contribution in [-0.4, -0.2) is 41.5 Å². The number of aromatic nitrogens is 2. The Balaban J connectivity index is 0. The van der Waals surface area contributed by atoms with Gasteiger partial charge in [0.25, 0.3) is 6.47 Å². The third kappa shape index (κ3) is 14.8. The first-order valence-electron chi connectivity index (χ1n) is 8.30. The summed E-state index contributed by atoms with van der Waals surface area (Å²) in [6.07, 6.45) is 1.74. The van der Waals surface area contributed by atoms with E-state index in [9.17, 15) is 4.79 Å². The summed E-state index contributed by atoms with van der Waals surface area (Å²) in [5.41, 5.74) is 1.68. The van der Waals surface area contributed by atoms with Gasteiger partial charge in [-0.3, -0.25) is 9.36 Å². The predicted octanol–water partition coefficient (Wildman–Crippen LogP) is 6.01. The van der Waals surface area contributed by atoms with Crippen molar-refractivity contribution in [1.29, 1.82) is 0 Å². The Morgan fingerprint density at radius 1 is 1.39 bits per heavy atom. The van der Waals surface area contributed by atoms with Crippen LogP contribution < -0.4 is 5.32 Å². The molecule has 1 N–H and O–H groups in total. The molecule has 28 heavy (non-hydrogen) atoms. The highest BCUT2D eigenvalue weighted by atomic mass is 35.5. The van der Waals surface area contributed by atoms with E-state index in [-0.39, 0.29) is 14.1 Å². The Bertz CT molecular complexity index is 678. The summed E-state index contributed by atoms with van der Waals surface area (Å²) in [5, 5.41) is 5.65. The Morgan fingerprint density at radius 3 is 2.21 bits per heavy atom. The van der Waals surface area contributed by atoms with E-state index in [1.54, 1.807) is 30.3 Å². The van der Waals surface area contributed by atoms with Crippen molar-refractivity contribution < 1.29 is 14.1 Å². The molecule has 158 valence electrons. The van der Waals surface area contributed by atoms with Gasteiger partial charge in [0.2, 0.25) is 0 Å². The summed E-state index contributed by atoms with van der Waals surface area (Å²) >= 11 is 11.1. The molecule has 2 aromatic rings. The van der Waals surface area contributed by atoms with Gasteiger partial charge in [0.1, 0.15) is 20.8 Å². The number of pyridine rings is 1. The van der Waals surface area contributed by atoms with Gasteiger partial charge in [-0.25, -0.2) is 9.97 Å². The molecule has 0 aromatic carbocycles. The smallest absolute Gasteiger partial charge is 0.293 e. The number of nitrogens with one attached hydrogen (secondary N) is 1. The van der Waals surface area contributed by atoms with Crippen LogP contribution in [-0.2, 0) is 14.1 Å². The van der Waals surface area contributed by atoms with Crippen LogP contribution in [0.4, 0.5) is 5.00 Å². The molecule has 0 spiro atoms. The maximum atomic E-state index is 9.60. The Kier molecular flexibility index (Phi) is 17.3. The molecule has 0 radical (unpaired) electrons. The van der Waals surface area contributed by atoms with E-state index in [0.29, 0.717) is 11.6 Å². The maximum absolute atomic E-state index is 9.60. The van der Waals surface area contributed by atoms with Crippen molar-refractivity contribution in [2.24, 2.45) is 0 Å². The van der Waals surface area contributed by atoms with Gasteiger partial charge in [0.05, 0.1) is 5.69 Å². The molecule has 0 amide bonds. The minimum Gasteiger partial charge on any atom is -0.462 e. The molecule has 0 unspecified atom stereocenters. The number of thiazole rings is 1. The summed E-state index contributed by atoms with van der Waals surface area (Å²) in [6.45, 7) is 11.4. The number of halogens is 1. The summed E-state index contributed by atoms with van der Waals surface area (Å²) in [5.74, 6) is 0.944. The number of anilines is 1. The number of thiol groups is 1. The first-order valence-corrected chi connectivity index (χ1v) is 11.4. The summed E-state index contributed by atoms with van der Waals surface area (Å²) in [6, 6.07) is 3.69. The van der Waals surface area contributed by atoms with Crippen molar-refractivity contribution in [3.05, 3.63) is 29.2 Å². The van der Waals surface area contributed by atoms with Gasteiger partial charge < -0.3 is 10.1 Å². The Hall–Kier alpha value is -1.21. The highest BCUT2D eigenvalue weighted by Gasteiger charge is 2.08. The highest BCUT2D eigenvalue weighted by Crippen LogP contribution is 2.31. The molecular formula is C18H29ClN3O3PS2. The molecule has 0 atom stereocenters. The second-order valence-corrected chi connectivity index (χ2v) is 8.26. The lowest BCUT2D eigenvalue weighted by Gasteiger charge is -2.14. The second-order valence-electron chi connectivity index (χ2n) is 5.88. The van der Waals surface area contributed by atoms with E-state index in [1.807, 2.05) is 47.7 Å². The van der Waals surface area contributed by atoms with Gasteiger partial charge in [0, 0.05) is 25.5 Å². The molecule has 10 heteroatoms. The Morgan fingerprint density at radius 2 is 1.93 bits per heavy atom. The zero-order valence-electron chi connectivity index (χ0n) is 17.3. The fourth-order valence-electron chi connectivity index (χ4n) is 1.40. The topological polar surface area (TPSA) is 81.2 Å². The summed E-state index contributed by atoms with van der Waals surface area (Å²) < 4.78 is 13.5. The quantitative estimate of drug-likeness (QED) is 0.250. The van der Waals surface area contributed by atoms with Crippen LogP contribution >= 0.6 is 44.0 Å². The Labute approximate surface area is 184 Å². The summed E-state index contributed by atoms with van der Waals surface area (Å²) in [7, 11) is 2.06. The maximum Gasteiger partial charge on any atom is 0.293 e. The van der Waals surface area contributed by atoms with Crippen LogP contribution in [0.5, 0.6) is 0 Å². The first-order chi connectivity index (χ1) is 13.1. The molecular weight excluding hydrogens is 437 g/mol. The lowest BCUT2D eigenvalue weighted by atomic mass is 10.2. The molecule has 0 bridgehead atoms. The van der Waals surface area contributed by atoms with Gasteiger partial charge in [0.15, 0.2) is 8.46 Å². The van der Waals surface area contributed by atoms with Crippen molar-refractivity contribution in [2.75, 3.05) is 24.8 Å². The predicted molar refractivity (Wildman–Crippen MR) is 125 cm³/mol. The number of carbonyl (C=O) groups excluding carboxylic acids is 1. The minimum absolute atomic E-state index is 0.167. The molecule has 0 aliphatic carbocycles. The number of ether oxygens (including phenoxy) is 1. The van der Waals surface area contributed by atoms with Crippen LogP contribution in [0.3, 0.4) is 0 Å². The lowest BCUT2D eigenvalue weighted by Crippen LogP contribution is -2.17. The zero-order valence-corrected chi connectivity index (χ0v) is 20.7. The molecule has 6 nitrogen and oxygen atoms in total. The van der Waals surface area contributed by atoms with Crippen LogP contribution in [0.1, 0.15) is 33.4 Å². The van der Waals surface area contributed by atoms with Crippen LogP contribution in [0.2, 0.25) is 5.15 Å². The number of hydrogen-bond acceptors (Lipinski definition) is 8. The first kappa shape index (κ1) is 29.0. The molecule has 0 aliphatic heterocycles. The SMILES string of the molecule is CC(C)(C)OC=O.CCS.CNc1sc(-c2ccc(Cl)nc2)nc1C.CP=O. The molecule has 0 fully saturated rings. The average Bonchev–Trinajstić information content (AvgIpc) is 2.97. The van der Waals surface area contributed by atoms with E-state index < -0.39 is 0 Å². The number of aryl methyl sites for hydroxylation is 1. The normalized spacial score (nSPS) is 9.61. The van der Waals surface area contributed by atoms with Gasteiger partial charge in [-0.05, 0) is 45.6 Å². The molecule has 0 saturated carbocycles. The zero-order chi connectivity index (χ0) is 22.2. The molecule has 0 saturated heterocycles. The highest BCUT2D eigenvalue weighted by molar-refractivity contribution is 7.80. The van der Waals surface area contributed by atoms with Crippen LogP contribution in [0.25, 0.3) is 10.6 Å². The molecule has 2 rings (SSSR count). The largest absolute Gasteiger partial charge is 0.462 e. The number of rotatable bonds is 3.